The maximum absolute atomic E-state index is 12.4. The fourth-order valence-corrected chi connectivity index (χ4v) is 4.64. The predicted octanol–water partition coefficient (Wildman–Crippen LogP) is 2.60. The average Bonchev–Trinajstić information content (AvgIpc) is 2.63. The highest BCUT2D eigenvalue weighted by molar-refractivity contribution is 7.99. The first-order valence-corrected chi connectivity index (χ1v) is 10.1. The molecular weight excluding hydrogens is 344 g/mol. The summed E-state index contributed by atoms with van der Waals surface area (Å²) in [5.74, 6) is 2.40. The molecular formula is C18H25ClN2O2S. The number of rotatable bonds is 5. The second-order valence-electron chi connectivity index (χ2n) is 6.48. The van der Waals surface area contributed by atoms with Gasteiger partial charge in [-0.2, -0.15) is 11.8 Å². The minimum Gasteiger partial charge on any atom is -0.381 e. The van der Waals surface area contributed by atoms with Crippen molar-refractivity contribution in [3.05, 3.63) is 34.9 Å². The zero-order chi connectivity index (χ0) is 16.8. The van der Waals surface area contributed by atoms with Crippen molar-refractivity contribution in [2.24, 2.45) is 0 Å². The zero-order valence-electron chi connectivity index (χ0n) is 13.9. The summed E-state index contributed by atoms with van der Waals surface area (Å²) in [6, 6.07) is 7.54. The highest BCUT2D eigenvalue weighted by Crippen LogP contribution is 2.30. The topological polar surface area (TPSA) is 41.6 Å². The standard InChI is InChI=1S/C18H25ClN2O2S/c19-16-4-2-1-3-15(16)13-17(22)20-14-18(5-9-23-10-6-18)21-7-11-24-12-8-21/h1-4H,5-14H2,(H,20,22). The molecule has 1 aromatic carbocycles. The molecule has 3 rings (SSSR count). The van der Waals surface area contributed by atoms with Crippen molar-refractivity contribution >= 4 is 29.3 Å². The molecule has 2 fully saturated rings. The SMILES string of the molecule is O=C(Cc1ccccc1Cl)NCC1(N2CCSCC2)CCOCC1. The van der Waals surface area contributed by atoms with Gasteiger partial charge in [0.15, 0.2) is 0 Å². The minimum atomic E-state index is 0.0420. The van der Waals surface area contributed by atoms with E-state index in [1.807, 2.05) is 36.0 Å². The van der Waals surface area contributed by atoms with E-state index in [9.17, 15) is 4.79 Å². The van der Waals surface area contributed by atoms with Crippen LogP contribution in [0.5, 0.6) is 0 Å². The number of hydrogen-bond acceptors (Lipinski definition) is 4. The van der Waals surface area contributed by atoms with E-state index in [4.69, 9.17) is 16.3 Å². The molecule has 1 N–H and O–H groups in total. The molecule has 2 saturated heterocycles. The van der Waals surface area contributed by atoms with Crippen LogP contribution in [0.2, 0.25) is 5.02 Å². The van der Waals surface area contributed by atoms with E-state index in [1.54, 1.807) is 0 Å². The Morgan fingerprint density at radius 3 is 2.67 bits per heavy atom. The van der Waals surface area contributed by atoms with Crippen molar-refractivity contribution in [2.45, 2.75) is 24.8 Å². The van der Waals surface area contributed by atoms with Crippen LogP contribution in [0.15, 0.2) is 24.3 Å². The largest absolute Gasteiger partial charge is 0.381 e. The monoisotopic (exact) mass is 368 g/mol. The molecule has 132 valence electrons. The lowest BCUT2D eigenvalue weighted by Gasteiger charge is -2.48. The molecule has 2 aliphatic rings. The van der Waals surface area contributed by atoms with Gasteiger partial charge in [0.05, 0.1) is 6.42 Å². The number of thioether (sulfide) groups is 1. The number of amides is 1. The highest BCUT2D eigenvalue weighted by atomic mass is 35.5. The third-order valence-corrected chi connectivity index (χ3v) is 6.34. The van der Waals surface area contributed by atoms with E-state index in [0.29, 0.717) is 18.0 Å². The van der Waals surface area contributed by atoms with E-state index in [2.05, 4.69) is 10.2 Å². The summed E-state index contributed by atoms with van der Waals surface area (Å²) in [5, 5.41) is 3.82. The van der Waals surface area contributed by atoms with Gasteiger partial charge in [0, 0.05) is 54.9 Å². The van der Waals surface area contributed by atoms with Crippen molar-refractivity contribution in [3.8, 4) is 0 Å². The van der Waals surface area contributed by atoms with Crippen molar-refractivity contribution in [1.29, 1.82) is 0 Å². The summed E-state index contributed by atoms with van der Waals surface area (Å²) in [5.41, 5.74) is 0.933. The first-order chi connectivity index (χ1) is 11.7. The number of benzene rings is 1. The fourth-order valence-electron chi connectivity index (χ4n) is 3.53. The van der Waals surface area contributed by atoms with E-state index in [-0.39, 0.29) is 11.4 Å². The molecule has 0 bridgehead atoms. The van der Waals surface area contributed by atoms with Crippen LogP contribution in [0.1, 0.15) is 18.4 Å². The molecule has 0 saturated carbocycles. The van der Waals surface area contributed by atoms with Gasteiger partial charge in [-0.25, -0.2) is 0 Å². The summed E-state index contributed by atoms with van der Waals surface area (Å²) in [4.78, 5) is 15.0. The van der Waals surface area contributed by atoms with Crippen LogP contribution in [0, 0.1) is 0 Å². The smallest absolute Gasteiger partial charge is 0.224 e. The first-order valence-electron chi connectivity index (χ1n) is 8.60. The van der Waals surface area contributed by atoms with Crippen molar-refractivity contribution in [1.82, 2.24) is 10.2 Å². The van der Waals surface area contributed by atoms with Crippen LogP contribution in [0.3, 0.4) is 0 Å². The third kappa shape index (κ3) is 4.45. The van der Waals surface area contributed by atoms with Crippen LogP contribution in [0.4, 0.5) is 0 Å². The van der Waals surface area contributed by atoms with Gasteiger partial charge in [0.2, 0.25) is 5.91 Å². The van der Waals surface area contributed by atoms with Gasteiger partial charge in [0.25, 0.3) is 0 Å². The van der Waals surface area contributed by atoms with Crippen molar-refractivity contribution in [3.63, 3.8) is 0 Å². The number of nitrogens with zero attached hydrogens (tertiary/aromatic N) is 1. The van der Waals surface area contributed by atoms with Gasteiger partial charge in [-0.3, -0.25) is 9.69 Å². The number of nitrogens with one attached hydrogen (secondary N) is 1. The second kappa shape index (κ2) is 8.56. The number of ether oxygens (including phenoxy) is 1. The Bertz CT molecular complexity index is 558. The van der Waals surface area contributed by atoms with Crippen molar-refractivity contribution < 1.29 is 9.53 Å². The van der Waals surface area contributed by atoms with Crippen molar-refractivity contribution in [2.75, 3.05) is 44.4 Å². The summed E-state index contributed by atoms with van der Waals surface area (Å²) >= 11 is 8.17. The van der Waals surface area contributed by atoms with Crippen LogP contribution in [-0.4, -0.2) is 60.7 Å². The molecule has 0 unspecified atom stereocenters. The molecule has 2 aliphatic heterocycles. The molecule has 24 heavy (non-hydrogen) atoms. The fraction of sp³-hybridized carbons (Fsp3) is 0.611. The second-order valence-corrected chi connectivity index (χ2v) is 8.11. The summed E-state index contributed by atoms with van der Waals surface area (Å²) in [6.07, 6.45) is 2.32. The molecule has 0 atom stereocenters. The maximum atomic E-state index is 12.4. The van der Waals surface area contributed by atoms with Gasteiger partial charge >= 0.3 is 0 Å². The number of hydrogen-bond donors (Lipinski definition) is 1. The Morgan fingerprint density at radius 2 is 1.96 bits per heavy atom. The average molecular weight is 369 g/mol. The van der Waals surface area contributed by atoms with Gasteiger partial charge in [-0.1, -0.05) is 29.8 Å². The molecule has 2 heterocycles. The molecule has 1 amide bonds. The normalized spacial score (nSPS) is 21.4. The van der Waals surface area contributed by atoms with Crippen LogP contribution < -0.4 is 5.32 Å². The lowest BCUT2D eigenvalue weighted by atomic mass is 9.87. The number of halogens is 1. The summed E-state index contributed by atoms with van der Waals surface area (Å²) < 4.78 is 5.57. The Hall–Kier alpha value is -0.750. The van der Waals surface area contributed by atoms with E-state index in [1.165, 1.54) is 11.5 Å². The molecule has 6 heteroatoms. The van der Waals surface area contributed by atoms with Crippen LogP contribution in [0.25, 0.3) is 0 Å². The summed E-state index contributed by atoms with van der Waals surface area (Å²) in [7, 11) is 0. The lowest BCUT2D eigenvalue weighted by Crippen LogP contribution is -2.60. The molecule has 1 aromatic rings. The molecule has 0 aromatic heterocycles. The van der Waals surface area contributed by atoms with Crippen LogP contribution in [-0.2, 0) is 16.0 Å². The van der Waals surface area contributed by atoms with Gasteiger partial charge in [-0.05, 0) is 24.5 Å². The minimum absolute atomic E-state index is 0.0420. The van der Waals surface area contributed by atoms with Crippen LogP contribution >= 0.6 is 23.4 Å². The van der Waals surface area contributed by atoms with E-state index >= 15 is 0 Å². The maximum Gasteiger partial charge on any atom is 0.224 e. The lowest BCUT2D eigenvalue weighted by molar-refractivity contribution is -0.121. The Labute approximate surface area is 153 Å². The first kappa shape index (κ1) is 18.1. The van der Waals surface area contributed by atoms with E-state index in [0.717, 1.165) is 44.7 Å². The Kier molecular flexibility index (Phi) is 6.44. The Morgan fingerprint density at radius 1 is 1.25 bits per heavy atom. The molecule has 0 aliphatic carbocycles. The third-order valence-electron chi connectivity index (χ3n) is 5.03. The van der Waals surface area contributed by atoms with Gasteiger partial charge in [-0.15, -0.1) is 0 Å². The summed E-state index contributed by atoms with van der Waals surface area (Å²) in [6.45, 7) is 4.47. The highest BCUT2D eigenvalue weighted by Gasteiger charge is 2.39. The predicted molar refractivity (Wildman–Crippen MR) is 99.8 cm³/mol. The van der Waals surface area contributed by atoms with E-state index < -0.39 is 0 Å². The molecule has 0 radical (unpaired) electrons. The zero-order valence-corrected chi connectivity index (χ0v) is 15.5. The number of carbonyl (C=O) groups excluding carboxylic acids is 1. The molecule has 0 spiro atoms. The quantitative estimate of drug-likeness (QED) is 0.867. The van der Waals surface area contributed by atoms with Gasteiger partial charge < -0.3 is 10.1 Å². The van der Waals surface area contributed by atoms with Gasteiger partial charge in [0.1, 0.15) is 0 Å². The Balaban J connectivity index is 1.60. The number of carbonyl (C=O) groups is 1. The molecule has 4 nitrogen and oxygen atoms in total.